The smallest absolute Gasteiger partial charge is 0.402 e. The number of carbonyl (C=O) groups is 3. The number of imide groups is 1. The van der Waals surface area contributed by atoms with Crippen molar-refractivity contribution in [2.75, 3.05) is 12.8 Å². The largest absolute Gasteiger partial charge is 0.408 e. The minimum Gasteiger partial charge on any atom is -0.402 e. The van der Waals surface area contributed by atoms with Crippen LogP contribution in [-0.4, -0.2) is 57.9 Å². The van der Waals surface area contributed by atoms with Gasteiger partial charge in [0.15, 0.2) is 0 Å². The Morgan fingerprint density at radius 3 is 2.54 bits per heavy atom. The Hall–Kier alpha value is -3.51. The van der Waals surface area contributed by atoms with Gasteiger partial charge in [-0.2, -0.15) is 13.2 Å². The van der Waals surface area contributed by atoms with E-state index in [4.69, 9.17) is 17.2 Å². The molecule has 1 saturated heterocycles. The first-order chi connectivity index (χ1) is 16.5. The molecule has 2 heterocycles. The fourth-order valence-electron chi connectivity index (χ4n) is 4.71. The average Bonchev–Trinajstić information content (AvgIpc) is 2.82. The Balaban J connectivity index is 1.86. The highest BCUT2D eigenvalue weighted by atomic mass is 19.4. The standard InChI is InChI=1S/C22H30F3N7O3/c1-31(16(28)11-26)20(34)17-14(9-12-7-8-29-15(27)10-12)19(33)32(17)21(35)30-18(22(23,24)25)13-5-3-2-4-6-13/h7-8,10-11,13-14,17-18H,2-6,9,26,28H2,1H3,(H2,27,29)(H,30,35)/b16-11+/t14-,17+,18+/m1/s1. The molecule has 35 heavy (non-hydrogen) atoms. The summed E-state index contributed by atoms with van der Waals surface area (Å²) in [6, 6.07) is -1.66. The molecule has 4 amide bonds. The van der Waals surface area contributed by atoms with E-state index in [2.05, 4.69) is 4.98 Å². The zero-order valence-corrected chi connectivity index (χ0v) is 19.3. The van der Waals surface area contributed by atoms with Gasteiger partial charge in [0.05, 0.1) is 5.92 Å². The molecule has 1 saturated carbocycles. The highest BCUT2D eigenvalue weighted by molar-refractivity contribution is 6.09. The predicted molar refractivity (Wildman–Crippen MR) is 121 cm³/mol. The number of anilines is 1. The fraction of sp³-hybridized carbons (Fsp3) is 0.545. The van der Waals surface area contributed by atoms with Crippen molar-refractivity contribution in [2.24, 2.45) is 23.3 Å². The van der Waals surface area contributed by atoms with Gasteiger partial charge in [-0.25, -0.2) is 9.78 Å². The lowest BCUT2D eigenvalue weighted by Gasteiger charge is -2.46. The molecule has 7 N–H and O–H groups in total. The van der Waals surface area contributed by atoms with Crippen LogP contribution in [0.2, 0.25) is 0 Å². The summed E-state index contributed by atoms with van der Waals surface area (Å²) in [7, 11) is 1.29. The van der Waals surface area contributed by atoms with Crippen LogP contribution in [-0.2, 0) is 16.0 Å². The number of nitrogens with one attached hydrogen (secondary N) is 1. The summed E-state index contributed by atoms with van der Waals surface area (Å²) in [5, 5.41) is 1.99. The Bertz CT molecular complexity index is 995. The molecule has 1 aromatic heterocycles. The summed E-state index contributed by atoms with van der Waals surface area (Å²) in [4.78, 5) is 44.5. The van der Waals surface area contributed by atoms with Crippen molar-refractivity contribution >= 4 is 23.7 Å². The van der Waals surface area contributed by atoms with Gasteiger partial charge in [0, 0.05) is 19.4 Å². The van der Waals surface area contributed by atoms with Crippen molar-refractivity contribution in [1.29, 1.82) is 0 Å². The number of amides is 4. The first kappa shape index (κ1) is 26.1. The number of alkyl halides is 3. The number of nitrogen functional groups attached to an aromatic ring is 1. The van der Waals surface area contributed by atoms with Crippen LogP contribution in [0.1, 0.15) is 37.7 Å². The van der Waals surface area contributed by atoms with Gasteiger partial charge < -0.3 is 22.5 Å². The molecule has 2 aliphatic rings. The number of aromatic nitrogens is 1. The number of nitrogens with two attached hydrogens (primary N) is 3. The Morgan fingerprint density at radius 1 is 1.31 bits per heavy atom. The molecule has 1 aliphatic heterocycles. The second-order valence-corrected chi connectivity index (χ2v) is 8.91. The molecule has 0 bridgehead atoms. The van der Waals surface area contributed by atoms with E-state index in [1.54, 1.807) is 6.07 Å². The van der Waals surface area contributed by atoms with Crippen molar-refractivity contribution in [1.82, 2.24) is 20.1 Å². The minimum absolute atomic E-state index is 0.0249. The van der Waals surface area contributed by atoms with Gasteiger partial charge in [0.1, 0.15) is 23.7 Å². The van der Waals surface area contributed by atoms with Gasteiger partial charge in [-0.3, -0.25) is 19.4 Å². The molecular formula is C22H30F3N7O3. The number of β-lactam (4-membered cyclic amide) rings is 1. The summed E-state index contributed by atoms with van der Waals surface area (Å²) in [6.45, 7) is 0. The maximum atomic E-state index is 13.8. The summed E-state index contributed by atoms with van der Waals surface area (Å²) in [5.41, 5.74) is 17.3. The van der Waals surface area contributed by atoms with E-state index in [1.165, 1.54) is 19.3 Å². The van der Waals surface area contributed by atoms with E-state index >= 15 is 0 Å². The lowest BCUT2D eigenvalue weighted by atomic mass is 9.81. The first-order valence-electron chi connectivity index (χ1n) is 11.3. The molecule has 2 fully saturated rings. The summed E-state index contributed by atoms with van der Waals surface area (Å²) < 4.78 is 41.5. The maximum Gasteiger partial charge on any atom is 0.408 e. The summed E-state index contributed by atoms with van der Waals surface area (Å²) in [5.74, 6) is -3.29. The molecule has 0 spiro atoms. The van der Waals surface area contributed by atoms with Crippen LogP contribution in [0.25, 0.3) is 0 Å². The van der Waals surface area contributed by atoms with Crippen LogP contribution in [0, 0.1) is 11.8 Å². The second-order valence-electron chi connectivity index (χ2n) is 8.91. The van der Waals surface area contributed by atoms with Gasteiger partial charge in [-0.1, -0.05) is 19.3 Å². The molecule has 1 aromatic rings. The normalized spacial score (nSPS) is 22.3. The molecule has 3 atom stereocenters. The Kier molecular flexibility index (Phi) is 7.76. The molecule has 13 heteroatoms. The summed E-state index contributed by atoms with van der Waals surface area (Å²) >= 11 is 0. The third kappa shape index (κ3) is 5.60. The van der Waals surface area contributed by atoms with E-state index < -0.39 is 47.9 Å². The molecule has 0 unspecified atom stereocenters. The van der Waals surface area contributed by atoms with Gasteiger partial charge in [-0.15, -0.1) is 0 Å². The zero-order chi connectivity index (χ0) is 25.9. The van der Waals surface area contributed by atoms with Crippen LogP contribution < -0.4 is 22.5 Å². The highest BCUT2D eigenvalue weighted by Gasteiger charge is 2.57. The van der Waals surface area contributed by atoms with Crippen molar-refractivity contribution in [3.05, 3.63) is 35.9 Å². The molecule has 0 aromatic carbocycles. The SMILES string of the molecule is CN(C(=O)[C@@H]1[C@@H](Cc2ccnc(N)c2)C(=O)N1C(=O)N[C@@H](C1CCCCC1)C(F)(F)F)/C(N)=C/N. The highest BCUT2D eigenvalue weighted by Crippen LogP contribution is 2.36. The maximum absolute atomic E-state index is 13.8. The number of carbonyl (C=O) groups excluding carboxylic acids is 3. The van der Waals surface area contributed by atoms with Crippen molar-refractivity contribution in [3.63, 3.8) is 0 Å². The quantitative estimate of drug-likeness (QED) is 0.432. The number of nitrogens with zero attached hydrogens (tertiary/aromatic N) is 3. The lowest BCUT2D eigenvalue weighted by molar-refractivity contribution is -0.171. The fourth-order valence-corrected chi connectivity index (χ4v) is 4.71. The van der Waals surface area contributed by atoms with E-state index in [-0.39, 0.29) is 18.1 Å². The number of hydrogen-bond donors (Lipinski definition) is 4. The van der Waals surface area contributed by atoms with Crippen LogP contribution in [0.5, 0.6) is 0 Å². The predicted octanol–water partition coefficient (Wildman–Crippen LogP) is 1.43. The topological polar surface area (TPSA) is 161 Å². The van der Waals surface area contributed by atoms with E-state index in [9.17, 15) is 27.6 Å². The van der Waals surface area contributed by atoms with Crippen molar-refractivity contribution in [2.45, 2.75) is 56.8 Å². The van der Waals surface area contributed by atoms with Crippen molar-refractivity contribution < 1.29 is 27.6 Å². The number of pyridine rings is 1. The molecule has 0 radical (unpaired) electrons. The molecule has 3 rings (SSSR count). The zero-order valence-electron chi connectivity index (χ0n) is 19.3. The number of urea groups is 1. The Morgan fingerprint density at radius 2 is 1.97 bits per heavy atom. The first-order valence-corrected chi connectivity index (χ1v) is 11.3. The number of likely N-dealkylation sites (N-methyl/N-ethyl adjacent to an activating group) is 1. The van der Waals surface area contributed by atoms with Gasteiger partial charge >= 0.3 is 12.2 Å². The number of likely N-dealkylation sites (tertiary alicyclic amines) is 1. The molecular weight excluding hydrogens is 467 g/mol. The van der Waals surface area contributed by atoms with Gasteiger partial charge in [-0.05, 0) is 42.9 Å². The van der Waals surface area contributed by atoms with Crippen molar-refractivity contribution in [3.8, 4) is 0 Å². The van der Waals surface area contributed by atoms with Crippen LogP contribution in [0.4, 0.5) is 23.8 Å². The number of rotatable bonds is 6. The summed E-state index contributed by atoms with van der Waals surface area (Å²) in [6.07, 6.45) is 0.423. The van der Waals surface area contributed by atoms with Crippen LogP contribution in [0.15, 0.2) is 30.4 Å². The number of hydrogen-bond acceptors (Lipinski definition) is 7. The third-order valence-corrected chi connectivity index (χ3v) is 6.63. The van der Waals surface area contributed by atoms with E-state index in [1.807, 2.05) is 5.32 Å². The molecule has 1 aliphatic carbocycles. The average molecular weight is 498 g/mol. The van der Waals surface area contributed by atoms with Gasteiger partial charge in [0.25, 0.3) is 5.91 Å². The molecule has 10 nitrogen and oxygen atoms in total. The van der Waals surface area contributed by atoms with Gasteiger partial charge in [0.2, 0.25) is 5.91 Å². The van der Waals surface area contributed by atoms with Crippen LogP contribution >= 0.6 is 0 Å². The van der Waals surface area contributed by atoms with E-state index in [0.717, 1.165) is 17.5 Å². The lowest BCUT2D eigenvalue weighted by Crippen LogP contribution is -2.71. The van der Waals surface area contributed by atoms with Crippen LogP contribution in [0.3, 0.4) is 0 Å². The van der Waals surface area contributed by atoms with E-state index in [0.29, 0.717) is 36.1 Å². The number of halogens is 3. The second kappa shape index (κ2) is 10.4. The molecule has 192 valence electrons. The third-order valence-electron chi connectivity index (χ3n) is 6.63. The minimum atomic E-state index is -4.71. The monoisotopic (exact) mass is 497 g/mol. The Labute approximate surface area is 200 Å².